The molecule has 11 heteroatoms. The van der Waals surface area contributed by atoms with Crippen LogP contribution >= 0.6 is 11.3 Å². The first kappa shape index (κ1) is 26.2. The predicted molar refractivity (Wildman–Crippen MR) is 147 cm³/mol. The van der Waals surface area contributed by atoms with Crippen molar-refractivity contribution in [3.8, 4) is 10.6 Å². The number of para-hydroxylation sites is 1. The number of nitrogens with one attached hydrogen (secondary N) is 2. The van der Waals surface area contributed by atoms with Crippen LogP contribution in [0.4, 0.5) is 11.8 Å². The molecule has 3 heterocycles. The minimum atomic E-state index is -1.00. The third kappa shape index (κ3) is 5.87. The second-order valence-electron chi connectivity index (χ2n) is 10.2. The van der Waals surface area contributed by atoms with Crippen molar-refractivity contribution in [2.45, 2.75) is 38.0 Å². The fourth-order valence-electron chi connectivity index (χ4n) is 5.19. The summed E-state index contributed by atoms with van der Waals surface area (Å²) in [6.07, 6.45) is -0.561. The zero-order valence-corrected chi connectivity index (χ0v) is 22.3. The molecule has 4 atom stereocenters. The molecule has 3 aromatic rings. The standard InChI is InChI=1S/C26H37N7O3S/c1-16-21(25-30-18-6-3-4-7-20(18)37-25)24(29-19-14-17(15-34)22(35)23(19)36)31-26(28-16)27-8-5-9-33-12-10-32(2)11-13-33/h3-4,6-7,17,19,22-23,34-36H,5,8-15H2,1-2H3,(H2,27,28,29,31). The smallest absolute Gasteiger partial charge is 0.224 e. The van der Waals surface area contributed by atoms with Crippen LogP contribution < -0.4 is 10.6 Å². The first-order valence-corrected chi connectivity index (χ1v) is 13.9. The average molecular weight is 528 g/mol. The molecule has 1 aliphatic carbocycles. The molecule has 1 aromatic carbocycles. The number of hydrogen-bond donors (Lipinski definition) is 5. The summed E-state index contributed by atoms with van der Waals surface area (Å²) >= 11 is 1.57. The first-order valence-electron chi connectivity index (χ1n) is 13.1. The molecule has 1 saturated carbocycles. The van der Waals surface area contributed by atoms with E-state index in [1.54, 1.807) is 11.3 Å². The van der Waals surface area contributed by atoms with Gasteiger partial charge in [-0.25, -0.2) is 9.97 Å². The van der Waals surface area contributed by atoms with Gasteiger partial charge in [0.2, 0.25) is 5.95 Å². The number of nitrogens with zero attached hydrogens (tertiary/aromatic N) is 5. The van der Waals surface area contributed by atoms with Gasteiger partial charge in [-0.2, -0.15) is 4.98 Å². The summed E-state index contributed by atoms with van der Waals surface area (Å²) in [5, 5.41) is 38.2. The lowest BCUT2D eigenvalue weighted by molar-refractivity contribution is 0.00446. The number of thiazole rings is 1. The molecule has 200 valence electrons. The van der Waals surface area contributed by atoms with E-state index in [2.05, 4.69) is 27.5 Å². The number of fused-ring (bicyclic) bond motifs is 1. The van der Waals surface area contributed by atoms with E-state index in [0.29, 0.717) is 18.2 Å². The van der Waals surface area contributed by atoms with Crippen LogP contribution in [0.15, 0.2) is 24.3 Å². The SMILES string of the molecule is Cc1nc(NCCCN2CCN(C)CC2)nc(NC2CC(CO)C(O)C2O)c1-c1nc2ccccc2s1. The number of benzene rings is 1. The Morgan fingerprint density at radius 2 is 1.84 bits per heavy atom. The van der Waals surface area contributed by atoms with Gasteiger partial charge in [0.15, 0.2) is 0 Å². The minimum Gasteiger partial charge on any atom is -0.396 e. The Kier molecular flexibility index (Phi) is 8.18. The Morgan fingerprint density at radius 1 is 1.05 bits per heavy atom. The lowest BCUT2D eigenvalue weighted by Crippen LogP contribution is -2.44. The Hall–Kier alpha value is -2.41. The fraction of sp³-hybridized carbons (Fsp3) is 0.577. The van der Waals surface area contributed by atoms with Gasteiger partial charge in [-0.05, 0) is 45.5 Å². The number of aliphatic hydroxyl groups excluding tert-OH is 3. The summed E-state index contributed by atoms with van der Waals surface area (Å²) in [7, 11) is 2.16. The molecule has 0 radical (unpaired) electrons. The fourth-order valence-corrected chi connectivity index (χ4v) is 6.25. The van der Waals surface area contributed by atoms with Crippen LogP contribution in [0.25, 0.3) is 20.8 Å². The third-order valence-corrected chi connectivity index (χ3v) is 8.54. The van der Waals surface area contributed by atoms with Crippen molar-refractivity contribution in [1.29, 1.82) is 0 Å². The molecule has 0 bridgehead atoms. The molecule has 2 aromatic heterocycles. The first-order chi connectivity index (χ1) is 17.9. The number of aliphatic hydroxyl groups is 3. The minimum absolute atomic E-state index is 0.177. The Balaban J connectivity index is 1.36. The molecule has 5 rings (SSSR count). The van der Waals surface area contributed by atoms with Crippen LogP contribution in [-0.2, 0) is 0 Å². The molecule has 1 aliphatic heterocycles. The molecule has 37 heavy (non-hydrogen) atoms. The van der Waals surface area contributed by atoms with Crippen LogP contribution in [0.1, 0.15) is 18.5 Å². The monoisotopic (exact) mass is 527 g/mol. The summed E-state index contributed by atoms with van der Waals surface area (Å²) in [4.78, 5) is 19.2. The number of rotatable bonds is 9. The van der Waals surface area contributed by atoms with Gasteiger partial charge in [0, 0.05) is 45.2 Å². The van der Waals surface area contributed by atoms with E-state index in [1.165, 1.54) is 0 Å². The second-order valence-corrected chi connectivity index (χ2v) is 11.2. The Labute approximate surface area is 221 Å². The van der Waals surface area contributed by atoms with Crippen molar-refractivity contribution in [2.24, 2.45) is 5.92 Å². The third-order valence-electron chi connectivity index (χ3n) is 7.49. The van der Waals surface area contributed by atoms with Gasteiger partial charge in [0.1, 0.15) is 16.9 Å². The maximum atomic E-state index is 10.6. The number of anilines is 2. The van der Waals surface area contributed by atoms with Crippen LogP contribution in [0.2, 0.25) is 0 Å². The molecule has 4 unspecified atom stereocenters. The lowest BCUT2D eigenvalue weighted by atomic mass is 10.1. The summed E-state index contributed by atoms with van der Waals surface area (Å²) < 4.78 is 1.07. The highest BCUT2D eigenvalue weighted by Gasteiger charge is 2.41. The van der Waals surface area contributed by atoms with Crippen LogP contribution in [-0.4, -0.2) is 111 Å². The maximum absolute atomic E-state index is 10.6. The average Bonchev–Trinajstić information content (AvgIpc) is 3.43. The van der Waals surface area contributed by atoms with Gasteiger partial charge < -0.3 is 35.8 Å². The van der Waals surface area contributed by atoms with Gasteiger partial charge in [0.05, 0.1) is 33.6 Å². The molecular weight excluding hydrogens is 490 g/mol. The largest absolute Gasteiger partial charge is 0.396 e. The summed E-state index contributed by atoms with van der Waals surface area (Å²) in [5.41, 5.74) is 2.49. The van der Waals surface area contributed by atoms with Crippen LogP contribution in [0.5, 0.6) is 0 Å². The normalized spacial score (nSPS) is 25.1. The Bertz CT molecular complexity index is 1170. The van der Waals surface area contributed by atoms with E-state index in [9.17, 15) is 15.3 Å². The molecule has 1 saturated heterocycles. The zero-order valence-electron chi connectivity index (χ0n) is 21.5. The van der Waals surface area contributed by atoms with Crippen molar-refractivity contribution in [2.75, 3.05) is 63.6 Å². The number of hydrogen-bond acceptors (Lipinski definition) is 11. The van der Waals surface area contributed by atoms with E-state index in [1.807, 2.05) is 31.2 Å². The van der Waals surface area contributed by atoms with E-state index >= 15 is 0 Å². The van der Waals surface area contributed by atoms with Gasteiger partial charge in [-0.3, -0.25) is 0 Å². The van der Waals surface area contributed by atoms with Crippen LogP contribution in [0.3, 0.4) is 0 Å². The molecule has 2 fully saturated rings. The van der Waals surface area contributed by atoms with Gasteiger partial charge >= 0.3 is 0 Å². The van der Waals surface area contributed by atoms with Gasteiger partial charge in [0.25, 0.3) is 0 Å². The highest BCUT2D eigenvalue weighted by molar-refractivity contribution is 7.21. The van der Waals surface area contributed by atoms with Crippen molar-refractivity contribution in [3.63, 3.8) is 0 Å². The second kappa shape index (κ2) is 11.5. The molecule has 0 amide bonds. The van der Waals surface area contributed by atoms with Crippen molar-refractivity contribution >= 4 is 33.3 Å². The van der Waals surface area contributed by atoms with Crippen molar-refractivity contribution < 1.29 is 15.3 Å². The van der Waals surface area contributed by atoms with E-state index in [4.69, 9.17) is 15.0 Å². The molecule has 10 nitrogen and oxygen atoms in total. The predicted octanol–water partition coefficient (Wildman–Crippen LogP) is 1.63. The number of aryl methyl sites for hydroxylation is 1. The number of likely N-dealkylation sites (N-methyl/N-ethyl adjacent to an activating group) is 1. The van der Waals surface area contributed by atoms with Crippen LogP contribution in [0, 0.1) is 12.8 Å². The maximum Gasteiger partial charge on any atom is 0.224 e. The lowest BCUT2D eigenvalue weighted by Gasteiger charge is -2.32. The summed E-state index contributed by atoms with van der Waals surface area (Å²) in [6.45, 7) is 7.97. The molecular formula is C26H37N7O3S. The quantitative estimate of drug-likeness (QED) is 0.262. The topological polar surface area (TPSA) is 130 Å². The zero-order chi connectivity index (χ0) is 25.9. The summed E-state index contributed by atoms with van der Waals surface area (Å²) in [5.74, 6) is 0.714. The van der Waals surface area contributed by atoms with Crippen molar-refractivity contribution in [3.05, 3.63) is 30.0 Å². The van der Waals surface area contributed by atoms with E-state index in [0.717, 1.165) is 72.2 Å². The molecule has 2 aliphatic rings. The number of aromatic nitrogens is 3. The summed E-state index contributed by atoms with van der Waals surface area (Å²) in [6, 6.07) is 7.54. The highest BCUT2D eigenvalue weighted by Crippen LogP contribution is 2.38. The molecule has 5 N–H and O–H groups in total. The highest BCUT2D eigenvalue weighted by atomic mass is 32.1. The number of piperazine rings is 1. The van der Waals surface area contributed by atoms with Gasteiger partial charge in [-0.1, -0.05) is 12.1 Å². The van der Waals surface area contributed by atoms with E-state index < -0.39 is 18.2 Å². The van der Waals surface area contributed by atoms with Gasteiger partial charge in [-0.15, -0.1) is 11.3 Å². The van der Waals surface area contributed by atoms with Crippen molar-refractivity contribution in [1.82, 2.24) is 24.8 Å². The van der Waals surface area contributed by atoms with E-state index in [-0.39, 0.29) is 12.5 Å². The Morgan fingerprint density at radius 3 is 2.57 bits per heavy atom. The molecule has 0 spiro atoms.